The first kappa shape index (κ1) is 11.8. The molecule has 0 fully saturated rings. The summed E-state index contributed by atoms with van der Waals surface area (Å²) in [6, 6.07) is 8.86. The normalized spacial score (nSPS) is 11.6. The van der Waals surface area contributed by atoms with E-state index < -0.39 is 10.0 Å². The minimum absolute atomic E-state index is 0.256. The Morgan fingerprint density at radius 1 is 1.12 bits per heavy atom. The second-order valence-corrected chi connectivity index (χ2v) is 5.19. The van der Waals surface area contributed by atoms with Gasteiger partial charge < -0.3 is 4.42 Å². The van der Waals surface area contributed by atoms with Crippen LogP contribution in [0.1, 0.15) is 5.76 Å². The maximum atomic E-state index is 12.7. The number of sulfonamides is 1. The molecule has 0 spiro atoms. The van der Waals surface area contributed by atoms with Crippen LogP contribution in [0.2, 0.25) is 0 Å². The molecular weight excluding hydrogens is 245 g/mol. The maximum absolute atomic E-state index is 12.7. The summed E-state index contributed by atoms with van der Waals surface area (Å²) >= 11 is 0. The van der Waals surface area contributed by atoms with Crippen molar-refractivity contribution in [1.82, 2.24) is 0 Å². The molecule has 0 radical (unpaired) electrons. The summed E-state index contributed by atoms with van der Waals surface area (Å²) < 4.78 is 39.7. The van der Waals surface area contributed by atoms with Gasteiger partial charge in [0.05, 0.1) is 0 Å². The van der Waals surface area contributed by atoms with Crippen LogP contribution in [0.5, 0.6) is 0 Å². The van der Waals surface area contributed by atoms with Gasteiger partial charge in [-0.2, -0.15) is 0 Å². The van der Waals surface area contributed by atoms with Crippen LogP contribution in [0.4, 0.5) is 4.39 Å². The monoisotopic (exact) mass is 255 g/mol. The number of nitrogens with two attached hydrogens (primary N) is 1. The Morgan fingerprint density at radius 2 is 1.76 bits per heavy atom. The van der Waals surface area contributed by atoms with E-state index >= 15 is 0 Å². The Kier molecular flexibility index (Phi) is 2.99. The fourth-order valence-corrected chi connectivity index (χ4v) is 1.97. The second kappa shape index (κ2) is 4.31. The van der Waals surface area contributed by atoms with E-state index in [9.17, 15) is 12.8 Å². The Morgan fingerprint density at radius 3 is 2.35 bits per heavy atom. The van der Waals surface area contributed by atoms with Gasteiger partial charge in [-0.1, -0.05) is 0 Å². The van der Waals surface area contributed by atoms with Crippen molar-refractivity contribution in [3.63, 3.8) is 0 Å². The van der Waals surface area contributed by atoms with Gasteiger partial charge in [-0.05, 0) is 36.4 Å². The van der Waals surface area contributed by atoms with Crippen molar-refractivity contribution in [3.8, 4) is 11.3 Å². The van der Waals surface area contributed by atoms with Crippen molar-refractivity contribution >= 4 is 10.0 Å². The van der Waals surface area contributed by atoms with Crippen molar-refractivity contribution < 1.29 is 17.2 Å². The van der Waals surface area contributed by atoms with Gasteiger partial charge in [-0.3, -0.25) is 0 Å². The van der Waals surface area contributed by atoms with Gasteiger partial charge in [0.25, 0.3) is 0 Å². The summed E-state index contributed by atoms with van der Waals surface area (Å²) in [5.41, 5.74) is 0.673. The number of furan rings is 1. The zero-order valence-corrected chi connectivity index (χ0v) is 9.58. The molecule has 0 aliphatic rings. The SMILES string of the molecule is NS(=O)(=O)Cc1ccc(-c2ccc(F)cc2)o1. The standard InChI is InChI=1S/C11H10FNO3S/c12-9-3-1-8(2-4-9)11-6-5-10(16-11)7-17(13,14)15/h1-6H,7H2,(H2,13,14,15). The maximum Gasteiger partial charge on any atom is 0.216 e. The highest BCUT2D eigenvalue weighted by atomic mass is 32.2. The molecule has 0 bridgehead atoms. The van der Waals surface area contributed by atoms with Gasteiger partial charge in [0.15, 0.2) is 0 Å². The molecule has 2 aromatic rings. The highest BCUT2D eigenvalue weighted by Crippen LogP contribution is 2.22. The molecule has 17 heavy (non-hydrogen) atoms. The van der Waals surface area contributed by atoms with Gasteiger partial charge in [-0.15, -0.1) is 0 Å². The van der Waals surface area contributed by atoms with Crippen LogP contribution in [-0.2, 0) is 15.8 Å². The largest absolute Gasteiger partial charge is 0.460 e. The zero-order chi connectivity index (χ0) is 12.5. The van der Waals surface area contributed by atoms with Gasteiger partial charge in [-0.25, -0.2) is 17.9 Å². The molecule has 6 heteroatoms. The van der Waals surface area contributed by atoms with E-state index in [1.54, 1.807) is 18.2 Å². The van der Waals surface area contributed by atoms with Crippen molar-refractivity contribution in [2.45, 2.75) is 5.75 Å². The summed E-state index contributed by atoms with van der Waals surface area (Å²) in [6.07, 6.45) is 0. The Balaban J connectivity index is 2.27. The topological polar surface area (TPSA) is 73.3 Å². The summed E-state index contributed by atoms with van der Waals surface area (Å²) in [4.78, 5) is 0. The van der Waals surface area contributed by atoms with Gasteiger partial charge >= 0.3 is 0 Å². The molecule has 1 heterocycles. The van der Waals surface area contributed by atoms with E-state index in [-0.39, 0.29) is 17.3 Å². The second-order valence-electron chi connectivity index (χ2n) is 3.58. The van der Waals surface area contributed by atoms with E-state index in [0.717, 1.165) is 0 Å². The molecule has 90 valence electrons. The summed E-state index contributed by atoms with van der Waals surface area (Å²) in [6.45, 7) is 0. The van der Waals surface area contributed by atoms with Crippen LogP contribution in [-0.4, -0.2) is 8.42 Å². The molecule has 0 saturated heterocycles. The lowest BCUT2D eigenvalue weighted by atomic mass is 10.2. The Bertz CT molecular complexity index is 616. The smallest absolute Gasteiger partial charge is 0.216 e. The molecule has 2 N–H and O–H groups in total. The zero-order valence-electron chi connectivity index (χ0n) is 8.76. The lowest BCUT2D eigenvalue weighted by Gasteiger charge is -1.97. The lowest BCUT2D eigenvalue weighted by molar-refractivity contribution is 0.532. The van der Waals surface area contributed by atoms with E-state index in [1.165, 1.54) is 18.2 Å². The summed E-state index contributed by atoms with van der Waals surface area (Å²) in [5, 5.41) is 4.90. The van der Waals surface area contributed by atoms with Crippen LogP contribution in [0.25, 0.3) is 11.3 Å². The molecule has 0 unspecified atom stereocenters. The highest BCUT2D eigenvalue weighted by molar-refractivity contribution is 7.88. The van der Waals surface area contributed by atoms with E-state index in [0.29, 0.717) is 11.3 Å². The molecule has 0 amide bonds. The number of hydrogen-bond donors (Lipinski definition) is 1. The highest BCUT2D eigenvalue weighted by Gasteiger charge is 2.10. The van der Waals surface area contributed by atoms with E-state index in [4.69, 9.17) is 9.56 Å². The van der Waals surface area contributed by atoms with Crippen molar-refractivity contribution in [3.05, 3.63) is 48.0 Å². The minimum atomic E-state index is -3.61. The van der Waals surface area contributed by atoms with Gasteiger partial charge in [0.2, 0.25) is 10.0 Å². The van der Waals surface area contributed by atoms with Crippen molar-refractivity contribution in [1.29, 1.82) is 0 Å². The van der Waals surface area contributed by atoms with Crippen molar-refractivity contribution in [2.24, 2.45) is 5.14 Å². The van der Waals surface area contributed by atoms with Crippen LogP contribution >= 0.6 is 0 Å². The number of hydrogen-bond acceptors (Lipinski definition) is 3. The predicted octanol–water partition coefficient (Wildman–Crippen LogP) is 1.87. The van der Waals surface area contributed by atoms with Crippen LogP contribution in [0, 0.1) is 5.82 Å². The first-order chi connectivity index (χ1) is 7.94. The third-order valence-corrected chi connectivity index (χ3v) is 2.82. The molecule has 0 atom stereocenters. The van der Waals surface area contributed by atoms with E-state index in [2.05, 4.69) is 0 Å². The number of rotatable bonds is 3. The fraction of sp³-hybridized carbons (Fsp3) is 0.0909. The molecule has 1 aromatic carbocycles. The quantitative estimate of drug-likeness (QED) is 0.909. The number of benzene rings is 1. The summed E-state index contributed by atoms with van der Waals surface area (Å²) in [5.74, 6) is 0.0364. The molecule has 0 saturated carbocycles. The third kappa shape index (κ3) is 3.15. The molecule has 1 aromatic heterocycles. The van der Waals surface area contributed by atoms with Gasteiger partial charge in [0, 0.05) is 5.56 Å². The van der Waals surface area contributed by atoms with Crippen LogP contribution in [0.15, 0.2) is 40.8 Å². The van der Waals surface area contributed by atoms with Crippen LogP contribution in [0.3, 0.4) is 0 Å². The minimum Gasteiger partial charge on any atom is -0.460 e. The Hall–Kier alpha value is -1.66. The van der Waals surface area contributed by atoms with Crippen LogP contribution < -0.4 is 5.14 Å². The average molecular weight is 255 g/mol. The average Bonchev–Trinajstić information content (AvgIpc) is 2.64. The molecule has 0 aliphatic heterocycles. The molecule has 4 nitrogen and oxygen atoms in total. The predicted molar refractivity (Wildman–Crippen MR) is 60.9 cm³/mol. The molecular formula is C11H10FNO3S. The third-order valence-electron chi connectivity index (χ3n) is 2.13. The van der Waals surface area contributed by atoms with Crippen molar-refractivity contribution in [2.75, 3.05) is 0 Å². The first-order valence-corrected chi connectivity index (χ1v) is 6.51. The fourth-order valence-electron chi connectivity index (χ4n) is 1.42. The lowest BCUT2D eigenvalue weighted by Crippen LogP contribution is -2.13. The molecule has 2 rings (SSSR count). The van der Waals surface area contributed by atoms with Gasteiger partial charge in [0.1, 0.15) is 23.1 Å². The number of primary sulfonamides is 1. The summed E-state index contributed by atoms with van der Waals surface area (Å²) in [7, 11) is -3.61. The van der Waals surface area contributed by atoms with E-state index in [1.807, 2.05) is 0 Å². The number of halogens is 1. The first-order valence-electron chi connectivity index (χ1n) is 4.79. The Labute approximate surface area is 97.9 Å². The molecule has 0 aliphatic carbocycles.